The Morgan fingerprint density at radius 1 is 1.39 bits per heavy atom. The molecule has 0 saturated carbocycles. The quantitative estimate of drug-likeness (QED) is 0.806. The topological polar surface area (TPSA) is 58.4 Å². The van der Waals surface area contributed by atoms with Crippen molar-refractivity contribution in [1.82, 2.24) is 4.90 Å². The van der Waals surface area contributed by atoms with Crippen LogP contribution in [0.4, 0.5) is 5.69 Å². The number of hydrogen-bond donors (Lipinski definition) is 2. The zero-order valence-electron chi connectivity index (χ0n) is 11.4. The van der Waals surface area contributed by atoms with Gasteiger partial charge in [0.2, 0.25) is 5.91 Å². The van der Waals surface area contributed by atoms with Crippen LogP contribution in [0.3, 0.4) is 0 Å². The molecular formula is C14H23N3O. The summed E-state index contributed by atoms with van der Waals surface area (Å²) < 4.78 is 0. The van der Waals surface area contributed by atoms with Crippen molar-refractivity contribution in [3.63, 3.8) is 0 Å². The molecule has 100 valence electrons. The minimum atomic E-state index is -0.000880. The molecule has 0 radical (unpaired) electrons. The third-order valence-corrected chi connectivity index (χ3v) is 2.60. The van der Waals surface area contributed by atoms with Crippen LogP contribution < -0.4 is 11.1 Å². The van der Waals surface area contributed by atoms with Gasteiger partial charge in [-0.3, -0.25) is 9.69 Å². The first-order valence-electron chi connectivity index (χ1n) is 6.29. The summed E-state index contributed by atoms with van der Waals surface area (Å²) in [6.45, 7) is 6.01. The summed E-state index contributed by atoms with van der Waals surface area (Å²) in [6.07, 6.45) is 0. The van der Waals surface area contributed by atoms with Gasteiger partial charge < -0.3 is 11.1 Å². The number of rotatable bonds is 6. The number of nitrogens with zero attached hydrogens (tertiary/aromatic N) is 1. The Kier molecular flexibility index (Phi) is 5.82. The Morgan fingerprint density at radius 3 is 2.67 bits per heavy atom. The second-order valence-electron chi connectivity index (χ2n) is 5.00. The van der Waals surface area contributed by atoms with Crippen molar-refractivity contribution in [3.8, 4) is 0 Å². The highest BCUT2D eigenvalue weighted by Gasteiger charge is 2.09. The van der Waals surface area contributed by atoms with E-state index in [1.165, 1.54) is 0 Å². The molecule has 1 amide bonds. The second-order valence-corrected chi connectivity index (χ2v) is 5.00. The highest BCUT2D eigenvalue weighted by Crippen LogP contribution is 2.13. The third kappa shape index (κ3) is 4.85. The zero-order valence-corrected chi connectivity index (χ0v) is 11.4. The number of hydrogen-bond acceptors (Lipinski definition) is 3. The molecule has 18 heavy (non-hydrogen) atoms. The van der Waals surface area contributed by atoms with Crippen molar-refractivity contribution >= 4 is 11.6 Å². The van der Waals surface area contributed by atoms with Gasteiger partial charge in [-0.25, -0.2) is 0 Å². The van der Waals surface area contributed by atoms with E-state index in [1.54, 1.807) is 0 Å². The maximum atomic E-state index is 11.9. The molecule has 0 heterocycles. The number of amides is 1. The fourth-order valence-corrected chi connectivity index (χ4v) is 1.94. The van der Waals surface area contributed by atoms with Gasteiger partial charge in [-0.1, -0.05) is 32.0 Å². The molecule has 4 heteroatoms. The molecule has 0 unspecified atom stereocenters. The van der Waals surface area contributed by atoms with Crippen molar-refractivity contribution in [3.05, 3.63) is 29.8 Å². The molecule has 0 aromatic heterocycles. The minimum Gasteiger partial charge on any atom is -0.326 e. The van der Waals surface area contributed by atoms with Gasteiger partial charge >= 0.3 is 0 Å². The SMILES string of the molecule is CC(C)CN(C)CC(=O)Nc1ccccc1CN. The predicted molar refractivity (Wildman–Crippen MR) is 75.3 cm³/mol. The third-order valence-electron chi connectivity index (χ3n) is 2.60. The lowest BCUT2D eigenvalue weighted by molar-refractivity contribution is -0.117. The Morgan fingerprint density at radius 2 is 2.06 bits per heavy atom. The fourth-order valence-electron chi connectivity index (χ4n) is 1.94. The fraction of sp³-hybridized carbons (Fsp3) is 0.500. The molecule has 3 N–H and O–H groups in total. The van der Waals surface area contributed by atoms with E-state index in [4.69, 9.17) is 5.73 Å². The highest BCUT2D eigenvalue weighted by molar-refractivity contribution is 5.92. The van der Waals surface area contributed by atoms with E-state index in [-0.39, 0.29) is 5.91 Å². The Hall–Kier alpha value is -1.39. The summed E-state index contributed by atoms with van der Waals surface area (Å²) in [4.78, 5) is 13.9. The second kappa shape index (κ2) is 7.13. The van der Waals surface area contributed by atoms with Crippen molar-refractivity contribution < 1.29 is 4.79 Å². The van der Waals surface area contributed by atoms with E-state index in [9.17, 15) is 4.79 Å². The zero-order chi connectivity index (χ0) is 13.5. The number of carbonyl (C=O) groups excluding carboxylic acids is 1. The van der Waals surface area contributed by atoms with E-state index in [0.717, 1.165) is 17.8 Å². The van der Waals surface area contributed by atoms with Crippen LogP contribution in [0.1, 0.15) is 19.4 Å². The molecule has 0 atom stereocenters. The molecule has 1 aromatic rings. The van der Waals surface area contributed by atoms with Gasteiger partial charge in [-0.05, 0) is 24.6 Å². The molecule has 0 spiro atoms. The van der Waals surface area contributed by atoms with Crippen LogP contribution in [0.15, 0.2) is 24.3 Å². The van der Waals surface area contributed by atoms with Crippen molar-refractivity contribution in [2.75, 3.05) is 25.5 Å². The van der Waals surface area contributed by atoms with Crippen LogP contribution >= 0.6 is 0 Å². The number of nitrogens with one attached hydrogen (secondary N) is 1. The lowest BCUT2D eigenvalue weighted by atomic mass is 10.2. The number of carbonyl (C=O) groups is 1. The van der Waals surface area contributed by atoms with E-state index in [0.29, 0.717) is 19.0 Å². The summed E-state index contributed by atoms with van der Waals surface area (Å²) >= 11 is 0. The maximum absolute atomic E-state index is 11.9. The van der Waals surface area contributed by atoms with Crippen molar-refractivity contribution in [2.45, 2.75) is 20.4 Å². The first-order valence-corrected chi connectivity index (χ1v) is 6.29. The molecule has 1 aromatic carbocycles. The van der Waals surface area contributed by atoms with E-state index in [1.807, 2.05) is 36.2 Å². The molecule has 0 bridgehead atoms. The lowest BCUT2D eigenvalue weighted by Crippen LogP contribution is -2.32. The summed E-state index contributed by atoms with van der Waals surface area (Å²) in [5, 5.41) is 2.90. The molecule has 0 aliphatic carbocycles. The van der Waals surface area contributed by atoms with Gasteiger partial charge in [0.25, 0.3) is 0 Å². The normalized spacial score (nSPS) is 11.0. The van der Waals surface area contributed by atoms with E-state index >= 15 is 0 Å². The highest BCUT2D eigenvalue weighted by atomic mass is 16.2. The maximum Gasteiger partial charge on any atom is 0.238 e. The molecule has 0 fully saturated rings. The van der Waals surface area contributed by atoms with Crippen LogP contribution in [0.2, 0.25) is 0 Å². The summed E-state index contributed by atoms with van der Waals surface area (Å²) in [6, 6.07) is 7.62. The predicted octanol–water partition coefficient (Wildman–Crippen LogP) is 1.67. The lowest BCUT2D eigenvalue weighted by Gasteiger charge is -2.18. The standard InChI is InChI=1S/C14H23N3O/c1-11(2)9-17(3)10-14(18)16-13-7-5-4-6-12(13)8-15/h4-7,11H,8-10,15H2,1-3H3,(H,16,18). The Labute approximate surface area is 109 Å². The van der Waals surface area contributed by atoms with Gasteiger partial charge in [-0.2, -0.15) is 0 Å². The minimum absolute atomic E-state index is 0.000880. The molecule has 0 saturated heterocycles. The van der Waals surface area contributed by atoms with Crippen molar-refractivity contribution in [2.24, 2.45) is 11.7 Å². The van der Waals surface area contributed by atoms with Gasteiger partial charge in [0.05, 0.1) is 6.54 Å². The Bertz CT molecular complexity index is 390. The largest absolute Gasteiger partial charge is 0.326 e. The molecule has 4 nitrogen and oxygen atoms in total. The molecule has 1 rings (SSSR count). The van der Waals surface area contributed by atoms with Gasteiger partial charge in [0.15, 0.2) is 0 Å². The molecule has 0 aliphatic heterocycles. The molecule has 0 aliphatic rings. The van der Waals surface area contributed by atoms with Gasteiger partial charge in [0.1, 0.15) is 0 Å². The van der Waals surface area contributed by atoms with Crippen LogP contribution in [-0.4, -0.2) is 30.9 Å². The first kappa shape index (κ1) is 14.7. The van der Waals surface area contributed by atoms with Gasteiger partial charge in [-0.15, -0.1) is 0 Å². The van der Waals surface area contributed by atoms with Gasteiger partial charge in [0, 0.05) is 18.8 Å². The monoisotopic (exact) mass is 249 g/mol. The Balaban J connectivity index is 2.54. The number of likely N-dealkylation sites (N-methyl/N-ethyl adjacent to an activating group) is 1. The average molecular weight is 249 g/mol. The number of nitrogens with two attached hydrogens (primary N) is 1. The van der Waals surface area contributed by atoms with Crippen LogP contribution in [0.5, 0.6) is 0 Å². The number of para-hydroxylation sites is 1. The van der Waals surface area contributed by atoms with Crippen LogP contribution in [0, 0.1) is 5.92 Å². The average Bonchev–Trinajstić information content (AvgIpc) is 2.28. The summed E-state index contributed by atoms with van der Waals surface area (Å²) in [5.41, 5.74) is 7.40. The smallest absolute Gasteiger partial charge is 0.238 e. The van der Waals surface area contributed by atoms with Crippen LogP contribution in [-0.2, 0) is 11.3 Å². The number of anilines is 1. The first-order chi connectivity index (χ1) is 8.52. The van der Waals surface area contributed by atoms with Crippen LogP contribution in [0.25, 0.3) is 0 Å². The summed E-state index contributed by atoms with van der Waals surface area (Å²) in [7, 11) is 1.95. The van der Waals surface area contributed by atoms with E-state index in [2.05, 4.69) is 19.2 Å². The molecular weight excluding hydrogens is 226 g/mol. The van der Waals surface area contributed by atoms with E-state index < -0.39 is 0 Å². The summed E-state index contributed by atoms with van der Waals surface area (Å²) in [5.74, 6) is 0.554. The van der Waals surface area contributed by atoms with Crippen molar-refractivity contribution in [1.29, 1.82) is 0 Å². The number of benzene rings is 1.